The van der Waals surface area contributed by atoms with Crippen molar-refractivity contribution >= 4 is 35.1 Å². The smallest absolute Gasteiger partial charge is 0.338 e. The number of nitrogens with one attached hydrogen (secondary N) is 1. The van der Waals surface area contributed by atoms with E-state index in [1.54, 1.807) is 60.4 Å². The maximum Gasteiger partial charge on any atom is 0.338 e. The average molecular weight is 415 g/mol. The second-order valence-electron chi connectivity index (χ2n) is 6.86. The minimum absolute atomic E-state index is 0.0531. The van der Waals surface area contributed by atoms with Crippen LogP contribution in [-0.2, 0) is 9.53 Å². The Bertz CT molecular complexity index is 890. The second-order valence-corrected chi connectivity index (χ2v) is 7.30. The van der Waals surface area contributed by atoms with Gasteiger partial charge in [-0.2, -0.15) is 0 Å². The fourth-order valence-corrected chi connectivity index (χ4v) is 3.43. The molecule has 6 nitrogen and oxygen atoms in total. The molecular formula is C22H23ClN2O4. The number of carbonyl (C=O) groups excluding carboxylic acids is 3. The Morgan fingerprint density at radius 1 is 1.07 bits per heavy atom. The van der Waals surface area contributed by atoms with E-state index in [1.807, 2.05) is 0 Å². The van der Waals surface area contributed by atoms with Gasteiger partial charge in [0.2, 0.25) is 5.91 Å². The van der Waals surface area contributed by atoms with Crippen LogP contribution in [0.5, 0.6) is 0 Å². The molecule has 2 aromatic carbocycles. The standard InChI is InChI=1S/C22H23ClN2O4/c1-2-29-22(28)17-4-3-5-19(14-17)24-20(26)15-10-12-25(13-11-15)21(27)16-6-8-18(23)9-7-16/h3-9,14-15H,2,10-13H2,1H3,(H,24,26). The van der Waals surface area contributed by atoms with Gasteiger partial charge in [-0.3, -0.25) is 9.59 Å². The molecule has 0 atom stereocenters. The lowest BCUT2D eigenvalue weighted by molar-refractivity contribution is -0.121. The van der Waals surface area contributed by atoms with E-state index in [2.05, 4.69) is 5.32 Å². The van der Waals surface area contributed by atoms with Crippen LogP contribution in [0.1, 0.15) is 40.5 Å². The summed E-state index contributed by atoms with van der Waals surface area (Å²) in [5.74, 6) is -0.764. The van der Waals surface area contributed by atoms with Gasteiger partial charge in [-0.15, -0.1) is 0 Å². The molecule has 1 saturated heterocycles. The molecule has 1 heterocycles. The summed E-state index contributed by atoms with van der Waals surface area (Å²) < 4.78 is 4.99. The van der Waals surface area contributed by atoms with Crippen molar-refractivity contribution < 1.29 is 19.1 Å². The fraction of sp³-hybridized carbons (Fsp3) is 0.318. The van der Waals surface area contributed by atoms with E-state index in [1.165, 1.54) is 0 Å². The van der Waals surface area contributed by atoms with Crippen molar-refractivity contribution in [3.63, 3.8) is 0 Å². The van der Waals surface area contributed by atoms with E-state index in [-0.39, 0.29) is 17.7 Å². The topological polar surface area (TPSA) is 75.7 Å². The first kappa shape index (κ1) is 20.9. The van der Waals surface area contributed by atoms with Crippen LogP contribution in [0.25, 0.3) is 0 Å². The minimum Gasteiger partial charge on any atom is -0.462 e. The first-order valence-electron chi connectivity index (χ1n) is 9.61. The number of nitrogens with zero attached hydrogens (tertiary/aromatic N) is 1. The summed E-state index contributed by atoms with van der Waals surface area (Å²) >= 11 is 5.87. The number of benzene rings is 2. The third kappa shape index (κ3) is 5.35. The zero-order valence-electron chi connectivity index (χ0n) is 16.2. The number of esters is 1. The van der Waals surface area contributed by atoms with E-state index in [4.69, 9.17) is 16.3 Å². The average Bonchev–Trinajstić information content (AvgIpc) is 2.74. The molecule has 152 valence electrons. The molecule has 0 aromatic heterocycles. The highest BCUT2D eigenvalue weighted by molar-refractivity contribution is 6.30. The van der Waals surface area contributed by atoms with Crippen molar-refractivity contribution in [3.05, 3.63) is 64.7 Å². The first-order chi connectivity index (χ1) is 14.0. The van der Waals surface area contributed by atoms with E-state index >= 15 is 0 Å². The van der Waals surface area contributed by atoms with Gasteiger partial charge >= 0.3 is 5.97 Å². The fourth-order valence-electron chi connectivity index (χ4n) is 3.30. The highest BCUT2D eigenvalue weighted by Gasteiger charge is 2.28. The van der Waals surface area contributed by atoms with Crippen LogP contribution in [-0.4, -0.2) is 42.4 Å². The predicted octanol–water partition coefficient (Wildman–Crippen LogP) is 4.01. The van der Waals surface area contributed by atoms with Crippen molar-refractivity contribution in [2.45, 2.75) is 19.8 Å². The lowest BCUT2D eigenvalue weighted by Crippen LogP contribution is -2.41. The molecule has 0 unspecified atom stereocenters. The van der Waals surface area contributed by atoms with Crippen molar-refractivity contribution in [2.24, 2.45) is 5.92 Å². The number of amides is 2. The lowest BCUT2D eigenvalue weighted by Gasteiger charge is -2.31. The van der Waals surface area contributed by atoms with Crippen LogP contribution in [0.4, 0.5) is 5.69 Å². The normalized spacial score (nSPS) is 14.3. The molecule has 7 heteroatoms. The molecule has 2 aromatic rings. The zero-order valence-corrected chi connectivity index (χ0v) is 16.9. The summed E-state index contributed by atoms with van der Waals surface area (Å²) in [7, 11) is 0. The predicted molar refractivity (Wildman–Crippen MR) is 111 cm³/mol. The Labute approximate surface area is 174 Å². The Balaban J connectivity index is 1.55. The van der Waals surface area contributed by atoms with Crippen molar-refractivity contribution in [1.82, 2.24) is 4.90 Å². The Morgan fingerprint density at radius 2 is 1.76 bits per heavy atom. The van der Waals surface area contributed by atoms with Gasteiger partial charge in [-0.25, -0.2) is 4.79 Å². The molecule has 1 aliphatic rings. The number of carbonyl (C=O) groups is 3. The van der Waals surface area contributed by atoms with Crippen LogP contribution < -0.4 is 5.32 Å². The maximum atomic E-state index is 12.6. The third-order valence-electron chi connectivity index (χ3n) is 4.89. The summed E-state index contributed by atoms with van der Waals surface area (Å²) in [4.78, 5) is 38.8. The summed E-state index contributed by atoms with van der Waals surface area (Å²) in [5, 5.41) is 3.45. The number of piperidine rings is 1. The van der Waals surface area contributed by atoms with Crippen LogP contribution in [0.2, 0.25) is 5.02 Å². The largest absolute Gasteiger partial charge is 0.462 e. The van der Waals surface area contributed by atoms with Crippen LogP contribution in [0, 0.1) is 5.92 Å². The van der Waals surface area contributed by atoms with Gasteiger partial charge in [0.15, 0.2) is 0 Å². The molecule has 0 spiro atoms. The Kier molecular flexibility index (Phi) is 6.88. The number of likely N-dealkylation sites (tertiary alicyclic amines) is 1. The van der Waals surface area contributed by atoms with E-state index in [0.717, 1.165) is 0 Å². The Morgan fingerprint density at radius 3 is 2.41 bits per heavy atom. The molecule has 3 rings (SSSR count). The molecule has 2 amide bonds. The van der Waals surface area contributed by atoms with Gasteiger partial charge in [0.05, 0.1) is 12.2 Å². The lowest BCUT2D eigenvalue weighted by atomic mass is 9.95. The Hall–Kier alpha value is -2.86. The first-order valence-corrected chi connectivity index (χ1v) is 9.98. The molecule has 0 bridgehead atoms. The molecule has 0 radical (unpaired) electrons. The van der Waals surface area contributed by atoms with Crippen LogP contribution in [0.3, 0.4) is 0 Å². The van der Waals surface area contributed by atoms with E-state index in [9.17, 15) is 14.4 Å². The van der Waals surface area contributed by atoms with E-state index < -0.39 is 5.97 Å². The summed E-state index contributed by atoms with van der Waals surface area (Å²) in [6, 6.07) is 13.5. The van der Waals surface area contributed by atoms with Gasteiger partial charge < -0.3 is 15.0 Å². The minimum atomic E-state index is -0.419. The van der Waals surface area contributed by atoms with Crippen LogP contribution >= 0.6 is 11.6 Å². The second kappa shape index (κ2) is 9.56. The van der Waals surface area contributed by atoms with Crippen molar-refractivity contribution in [2.75, 3.05) is 25.0 Å². The highest BCUT2D eigenvalue weighted by Crippen LogP contribution is 2.22. The van der Waals surface area contributed by atoms with Crippen molar-refractivity contribution in [3.8, 4) is 0 Å². The van der Waals surface area contributed by atoms with E-state index in [0.29, 0.717) is 54.4 Å². The molecule has 1 fully saturated rings. The number of anilines is 1. The number of ether oxygens (including phenoxy) is 1. The van der Waals surface area contributed by atoms with Gasteiger partial charge in [0.25, 0.3) is 5.91 Å². The monoisotopic (exact) mass is 414 g/mol. The van der Waals surface area contributed by atoms with Crippen LogP contribution in [0.15, 0.2) is 48.5 Å². The third-order valence-corrected chi connectivity index (χ3v) is 5.14. The van der Waals surface area contributed by atoms with Gasteiger partial charge in [0.1, 0.15) is 0 Å². The van der Waals surface area contributed by atoms with Gasteiger partial charge in [-0.05, 0) is 62.2 Å². The SMILES string of the molecule is CCOC(=O)c1cccc(NC(=O)C2CCN(C(=O)c3ccc(Cl)cc3)CC2)c1. The molecular weight excluding hydrogens is 392 g/mol. The van der Waals surface area contributed by atoms with Gasteiger partial charge in [-0.1, -0.05) is 17.7 Å². The molecule has 0 aliphatic carbocycles. The summed E-state index contributed by atoms with van der Waals surface area (Å²) in [5.41, 5.74) is 1.54. The molecule has 1 N–H and O–H groups in total. The van der Waals surface area contributed by atoms with Crippen molar-refractivity contribution in [1.29, 1.82) is 0 Å². The number of halogens is 1. The highest BCUT2D eigenvalue weighted by atomic mass is 35.5. The maximum absolute atomic E-state index is 12.6. The number of hydrogen-bond donors (Lipinski definition) is 1. The quantitative estimate of drug-likeness (QED) is 0.750. The van der Waals surface area contributed by atoms with Gasteiger partial charge in [0, 0.05) is 35.3 Å². The summed E-state index contributed by atoms with van der Waals surface area (Å²) in [6.45, 7) is 3.07. The summed E-state index contributed by atoms with van der Waals surface area (Å²) in [6.07, 6.45) is 1.17. The zero-order chi connectivity index (χ0) is 20.8. The number of hydrogen-bond acceptors (Lipinski definition) is 4. The molecule has 29 heavy (non-hydrogen) atoms. The number of rotatable bonds is 5. The molecule has 1 aliphatic heterocycles. The molecule has 0 saturated carbocycles.